The summed E-state index contributed by atoms with van der Waals surface area (Å²) in [6.45, 7) is 5.82. The summed E-state index contributed by atoms with van der Waals surface area (Å²) in [6, 6.07) is 13.5. The number of nitrogens with one attached hydrogen (secondary N) is 2. The molecule has 0 bridgehead atoms. The van der Waals surface area contributed by atoms with Crippen molar-refractivity contribution in [2.24, 2.45) is 5.92 Å². The summed E-state index contributed by atoms with van der Waals surface area (Å²) in [5.74, 6) is -3.37. The number of ether oxygens (including phenoxy) is 3. The average molecular weight is 594 g/mol. The van der Waals surface area contributed by atoms with Crippen molar-refractivity contribution in [3.63, 3.8) is 0 Å². The Bertz CT molecular complexity index is 1300. The van der Waals surface area contributed by atoms with Gasteiger partial charge in [-0.25, -0.2) is 0 Å². The summed E-state index contributed by atoms with van der Waals surface area (Å²) in [4.78, 5) is 68.6. The lowest BCUT2D eigenvalue weighted by molar-refractivity contribution is -0.133. The lowest BCUT2D eigenvalue weighted by atomic mass is 9.88. The normalized spacial score (nSPS) is 20.3. The molecule has 2 fully saturated rings. The Labute approximate surface area is 251 Å². The number of rotatable bonds is 15. The zero-order valence-corrected chi connectivity index (χ0v) is 24.8. The maximum Gasteiger partial charge on any atom is 0.234 e. The van der Waals surface area contributed by atoms with Gasteiger partial charge in [-0.3, -0.25) is 28.9 Å². The minimum absolute atomic E-state index is 0.111. The van der Waals surface area contributed by atoms with E-state index in [1.165, 1.54) is 26.2 Å². The van der Waals surface area contributed by atoms with Crippen LogP contribution in [0.3, 0.4) is 0 Å². The largest absolute Gasteiger partial charge is 0.497 e. The first-order valence-electron chi connectivity index (χ1n) is 14.4. The second kappa shape index (κ2) is 14.5. The summed E-state index contributed by atoms with van der Waals surface area (Å²) in [7, 11) is 1.49. The van der Waals surface area contributed by atoms with E-state index in [9.17, 15) is 24.0 Å². The minimum Gasteiger partial charge on any atom is -0.497 e. The van der Waals surface area contributed by atoms with E-state index in [0.29, 0.717) is 32.1 Å². The fourth-order valence-corrected chi connectivity index (χ4v) is 4.92. The van der Waals surface area contributed by atoms with Crippen molar-refractivity contribution < 1.29 is 38.2 Å². The Balaban J connectivity index is 1.51. The van der Waals surface area contributed by atoms with E-state index in [-0.39, 0.29) is 36.8 Å². The van der Waals surface area contributed by atoms with Crippen molar-refractivity contribution >= 4 is 29.2 Å². The number of amides is 2. The Morgan fingerprint density at radius 1 is 0.977 bits per heavy atom. The number of hydrogen-bond donors (Lipinski definition) is 2. The van der Waals surface area contributed by atoms with Crippen molar-refractivity contribution in [1.82, 2.24) is 15.5 Å². The zero-order valence-electron chi connectivity index (χ0n) is 24.8. The molecule has 0 radical (unpaired) electrons. The molecule has 4 rings (SSSR count). The van der Waals surface area contributed by atoms with Crippen molar-refractivity contribution in [3.8, 4) is 5.75 Å². The van der Waals surface area contributed by atoms with Gasteiger partial charge >= 0.3 is 0 Å². The van der Waals surface area contributed by atoms with E-state index >= 15 is 0 Å². The van der Waals surface area contributed by atoms with Crippen LogP contribution in [-0.2, 0) is 35.1 Å². The zero-order chi connectivity index (χ0) is 31.0. The quantitative estimate of drug-likeness (QED) is 0.178. The van der Waals surface area contributed by atoms with E-state index in [1.807, 2.05) is 35.2 Å². The van der Waals surface area contributed by atoms with E-state index < -0.39 is 47.5 Å². The van der Waals surface area contributed by atoms with Gasteiger partial charge in [0.25, 0.3) is 0 Å². The molecule has 11 heteroatoms. The van der Waals surface area contributed by atoms with Crippen LogP contribution in [0.15, 0.2) is 54.6 Å². The second-order valence-electron chi connectivity index (χ2n) is 11.1. The maximum atomic E-state index is 13.8. The summed E-state index contributed by atoms with van der Waals surface area (Å²) < 4.78 is 15.8. The molecule has 2 heterocycles. The Kier molecular flexibility index (Phi) is 10.8. The molecule has 43 heavy (non-hydrogen) atoms. The molecule has 230 valence electrons. The topological polar surface area (TPSA) is 144 Å². The number of hydrogen-bond acceptors (Lipinski definition) is 9. The highest BCUT2D eigenvalue weighted by molar-refractivity contribution is 6.13. The molecule has 0 aliphatic carbocycles. The molecule has 2 saturated heterocycles. The third-order valence-electron chi connectivity index (χ3n) is 7.76. The van der Waals surface area contributed by atoms with Gasteiger partial charge in [-0.2, -0.15) is 0 Å². The monoisotopic (exact) mass is 593 g/mol. The lowest BCUT2D eigenvalue weighted by Crippen LogP contribution is -2.51. The third kappa shape index (κ3) is 8.79. The standard InChI is InChI=1S/C32H39N3O8/c1-21(33-28(37)19-35-13-15-42-16-14-35)27(36)18-25(29(38)23-9-11-24(41-3)12-10-23)31(40)34-26(30(39)32(2)20-43-32)17-22-7-5-4-6-8-22/h4-12,21,25-26H,13-20H2,1-3H3,(H,33,37)(H,34,40)/t21-,25-,26-,32+/m0/s1. The first kappa shape index (κ1) is 32.0. The summed E-state index contributed by atoms with van der Waals surface area (Å²) >= 11 is 0. The van der Waals surface area contributed by atoms with Crippen LogP contribution in [0.1, 0.15) is 36.2 Å². The van der Waals surface area contributed by atoms with Gasteiger partial charge in [0.05, 0.1) is 45.6 Å². The van der Waals surface area contributed by atoms with Gasteiger partial charge in [0.15, 0.2) is 17.3 Å². The van der Waals surface area contributed by atoms with Gasteiger partial charge in [0, 0.05) is 25.1 Å². The van der Waals surface area contributed by atoms with Crippen molar-refractivity contribution in [2.75, 3.05) is 46.6 Å². The molecule has 4 atom stereocenters. The number of carbonyl (C=O) groups excluding carboxylic acids is 5. The molecular formula is C32H39N3O8. The first-order chi connectivity index (χ1) is 20.6. The van der Waals surface area contributed by atoms with Crippen LogP contribution < -0.4 is 15.4 Å². The summed E-state index contributed by atoms with van der Waals surface area (Å²) in [5, 5.41) is 5.44. The molecule has 2 amide bonds. The number of benzene rings is 2. The van der Waals surface area contributed by atoms with Crippen LogP contribution in [-0.4, -0.2) is 98.3 Å². The Morgan fingerprint density at radius 3 is 2.23 bits per heavy atom. The van der Waals surface area contributed by atoms with Gasteiger partial charge in [-0.15, -0.1) is 0 Å². The Morgan fingerprint density at radius 2 is 1.63 bits per heavy atom. The third-order valence-corrected chi connectivity index (χ3v) is 7.76. The number of methoxy groups -OCH3 is 1. The molecule has 0 unspecified atom stereocenters. The highest BCUT2D eigenvalue weighted by Crippen LogP contribution is 2.29. The molecule has 2 aromatic carbocycles. The fraction of sp³-hybridized carbons (Fsp3) is 0.469. The lowest BCUT2D eigenvalue weighted by Gasteiger charge is -2.26. The van der Waals surface area contributed by atoms with E-state index in [2.05, 4.69) is 10.6 Å². The number of carbonyl (C=O) groups is 5. The molecule has 0 spiro atoms. The summed E-state index contributed by atoms with van der Waals surface area (Å²) in [5.41, 5.74) is 0.00871. The molecule has 2 N–H and O–H groups in total. The second-order valence-corrected chi connectivity index (χ2v) is 11.1. The van der Waals surface area contributed by atoms with Gasteiger partial charge in [-0.1, -0.05) is 30.3 Å². The highest BCUT2D eigenvalue weighted by atomic mass is 16.6. The van der Waals surface area contributed by atoms with Gasteiger partial charge in [-0.05, 0) is 50.1 Å². The van der Waals surface area contributed by atoms with E-state index in [1.54, 1.807) is 19.1 Å². The fourth-order valence-electron chi connectivity index (χ4n) is 4.92. The van der Waals surface area contributed by atoms with Crippen molar-refractivity contribution in [3.05, 3.63) is 65.7 Å². The molecule has 2 aliphatic rings. The first-order valence-corrected chi connectivity index (χ1v) is 14.4. The van der Waals surface area contributed by atoms with E-state index in [0.717, 1.165) is 5.56 Å². The number of ketones is 3. The van der Waals surface area contributed by atoms with Crippen LogP contribution in [0.2, 0.25) is 0 Å². The minimum atomic E-state index is -1.43. The molecule has 0 saturated carbocycles. The van der Waals surface area contributed by atoms with Crippen LogP contribution in [0.4, 0.5) is 0 Å². The van der Waals surface area contributed by atoms with Crippen LogP contribution in [0.5, 0.6) is 5.75 Å². The molecule has 2 aliphatic heterocycles. The van der Waals surface area contributed by atoms with E-state index in [4.69, 9.17) is 14.2 Å². The molecule has 0 aromatic heterocycles. The number of epoxide rings is 1. The predicted molar refractivity (Wildman–Crippen MR) is 157 cm³/mol. The SMILES string of the molecule is COc1ccc(C(=O)[C@H](CC(=O)[C@H](C)NC(=O)CN2CCOCC2)C(=O)N[C@@H](Cc2ccccc2)C(=O)[C@@]2(C)CO2)cc1. The molecular weight excluding hydrogens is 554 g/mol. The van der Waals surface area contributed by atoms with Crippen LogP contribution in [0, 0.1) is 5.92 Å². The predicted octanol–water partition coefficient (Wildman–Crippen LogP) is 1.38. The summed E-state index contributed by atoms with van der Waals surface area (Å²) in [6.07, 6.45) is -0.272. The van der Waals surface area contributed by atoms with Crippen LogP contribution in [0.25, 0.3) is 0 Å². The van der Waals surface area contributed by atoms with Gasteiger partial charge < -0.3 is 24.8 Å². The number of morpholine rings is 1. The van der Waals surface area contributed by atoms with Crippen molar-refractivity contribution in [1.29, 1.82) is 0 Å². The van der Waals surface area contributed by atoms with Crippen LogP contribution >= 0.6 is 0 Å². The number of nitrogens with zero attached hydrogens (tertiary/aromatic N) is 1. The smallest absolute Gasteiger partial charge is 0.234 e. The van der Waals surface area contributed by atoms with Crippen molar-refractivity contribution in [2.45, 2.75) is 44.4 Å². The molecule has 11 nitrogen and oxygen atoms in total. The average Bonchev–Trinajstić information content (AvgIpc) is 3.77. The highest BCUT2D eigenvalue weighted by Gasteiger charge is 2.50. The Hall–Kier alpha value is -3.93. The number of Topliss-reactive ketones (excluding diaryl/α,β-unsaturated/α-hetero) is 3. The molecule has 2 aromatic rings. The maximum absolute atomic E-state index is 13.8. The van der Waals surface area contributed by atoms with Gasteiger partial charge in [0.1, 0.15) is 17.3 Å². The van der Waals surface area contributed by atoms with Gasteiger partial charge in [0.2, 0.25) is 11.8 Å².